The smallest absolute Gasteiger partial charge is 0.331 e. The summed E-state index contributed by atoms with van der Waals surface area (Å²) in [4.78, 5) is 23.2. The van der Waals surface area contributed by atoms with Gasteiger partial charge >= 0.3 is 5.97 Å². The lowest BCUT2D eigenvalue weighted by molar-refractivity contribution is -0.132. The molecule has 0 spiro atoms. The normalized spacial score (nSPS) is 14.1. The third kappa shape index (κ3) is 6.69. The number of carboxylic acids is 1. The van der Waals surface area contributed by atoms with E-state index in [0.717, 1.165) is 40.9 Å². The van der Waals surface area contributed by atoms with E-state index in [1.807, 2.05) is 65.3 Å². The molecule has 1 aliphatic carbocycles. The van der Waals surface area contributed by atoms with Crippen LogP contribution >= 0.6 is 11.6 Å². The van der Waals surface area contributed by atoms with Gasteiger partial charge in [-0.05, 0) is 97.1 Å². The average Bonchev–Trinajstić information content (AvgIpc) is 3.40. The number of hydrogen-bond donors (Lipinski definition) is 2. The van der Waals surface area contributed by atoms with E-state index >= 15 is 0 Å². The van der Waals surface area contributed by atoms with Gasteiger partial charge in [-0.1, -0.05) is 49.1 Å². The lowest BCUT2D eigenvalue weighted by Crippen LogP contribution is -2.12. The van der Waals surface area contributed by atoms with E-state index in [-0.39, 0.29) is 12.2 Å². The third-order valence-corrected chi connectivity index (χ3v) is 7.75. The molecular weight excluding hydrogens is 538 g/mol. The Labute approximate surface area is 244 Å². The molecule has 0 bridgehead atoms. The second-order valence-corrected chi connectivity index (χ2v) is 10.8. The van der Waals surface area contributed by atoms with Gasteiger partial charge in [-0.3, -0.25) is 4.79 Å². The minimum atomic E-state index is -0.958. The minimum absolute atomic E-state index is 0.233. The summed E-state index contributed by atoms with van der Waals surface area (Å²) >= 11 is 6.08. The van der Waals surface area contributed by atoms with E-state index in [1.54, 1.807) is 25.1 Å². The highest BCUT2D eigenvalue weighted by Gasteiger charge is 2.22. The summed E-state index contributed by atoms with van der Waals surface area (Å²) in [5, 5.41) is 14.7. The Bertz CT molecular complexity index is 1580. The zero-order valence-corrected chi connectivity index (χ0v) is 23.6. The fraction of sp³-hybridized carbons (Fsp3) is 0.242. The van der Waals surface area contributed by atoms with Crippen LogP contribution in [0.1, 0.15) is 72.3 Å². The number of aromatic nitrogens is 2. The molecule has 1 aromatic heterocycles. The van der Waals surface area contributed by atoms with Crippen molar-refractivity contribution in [3.05, 3.63) is 106 Å². The summed E-state index contributed by atoms with van der Waals surface area (Å²) in [7, 11) is 0. The van der Waals surface area contributed by atoms with E-state index in [9.17, 15) is 14.7 Å². The number of benzene rings is 3. The summed E-state index contributed by atoms with van der Waals surface area (Å²) in [6.07, 6.45) is 7.39. The van der Waals surface area contributed by atoms with Crippen LogP contribution in [0.4, 0.5) is 0 Å². The number of aliphatic carboxylic acids is 1. The van der Waals surface area contributed by atoms with E-state index < -0.39 is 11.9 Å². The maximum Gasteiger partial charge on any atom is 0.331 e. The molecule has 1 heterocycles. The van der Waals surface area contributed by atoms with Crippen LogP contribution in [0, 0.1) is 0 Å². The van der Waals surface area contributed by atoms with Crippen molar-refractivity contribution in [2.45, 2.75) is 51.6 Å². The summed E-state index contributed by atoms with van der Waals surface area (Å²) in [6, 6.07) is 22.5. The second kappa shape index (κ2) is 12.4. The van der Waals surface area contributed by atoms with E-state index in [4.69, 9.17) is 27.2 Å². The standard InChI is InChI=1S/C33H32ClN3O4/c1-21(33(39)40)17-27-19-31(23-5-3-2-4-6-23)37(36-27)28-12-14-29(15-13-28)41-20-25-18-24(32(35)38)9-16-30(25)22-7-10-26(34)11-8-22/h7-19,23H,2-6,20H2,1H3,(H2,35,38)(H,39,40)/b21-17+. The van der Waals surface area contributed by atoms with Crippen LogP contribution in [0.3, 0.4) is 0 Å². The Morgan fingerprint density at radius 2 is 1.73 bits per heavy atom. The summed E-state index contributed by atoms with van der Waals surface area (Å²) in [6.45, 7) is 1.81. The number of hydrogen-bond acceptors (Lipinski definition) is 4. The highest BCUT2D eigenvalue weighted by atomic mass is 35.5. The molecule has 0 unspecified atom stereocenters. The molecule has 0 aliphatic heterocycles. The molecule has 1 amide bonds. The number of halogens is 1. The Balaban J connectivity index is 1.40. The summed E-state index contributed by atoms with van der Waals surface area (Å²) in [5.41, 5.74) is 11.5. The van der Waals surface area contributed by atoms with Crippen LogP contribution in [-0.4, -0.2) is 26.8 Å². The average molecular weight is 570 g/mol. The minimum Gasteiger partial charge on any atom is -0.489 e. The maximum atomic E-state index is 11.9. The van der Waals surface area contributed by atoms with Crippen LogP contribution in [0.2, 0.25) is 5.02 Å². The number of carbonyl (C=O) groups is 2. The Kier molecular flexibility index (Phi) is 8.55. The van der Waals surface area contributed by atoms with Crippen molar-refractivity contribution in [3.8, 4) is 22.6 Å². The monoisotopic (exact) mass is 569 g/mol. The van der Waals surface area contributed by atoms with Crippen molar-refractivity contribution >= 4 is 29.6 Å². The van der Waals surface area contributed by atoms with Crippen LogP contribution < -0.4 is 10.5 Å². The first kappa shape index (κ1) is 28.2. The van der Waals surface area contributed by atoms with Crippen LogP contribution in [-0.2, 0) is 11.4 Å². The third-order valence-electron chi connectivity index (χ3n) is 7.50. The number of primary amides is 1. The van der Waals surface area contributed by atoms with Gasteiger partial charge in [-0.15, -0.1) is 0 Å². The van der Waals surface area contributed by atoms with Crippen molar-refractivity contribution in [1.82, 2.24) is 9.78 Å². The van der Waals surface area contributed by atoms with Gasteiger partial charge in [-0.2, -0.15) is 5.10 Å². The van der Waals surface area contributed by atoms with Gasteiger partial charge in [0.1, 0.15) is 12.4 Å². The molecule has 210 valence electrons. The van der Waals surface area contributed by atoms with Gasteiger partial charge in [0.15, 0.2) is 0 Å². The first-order valence-electron chi connectivity index (χ1n) is 13.7. The molecular formula is C33H32ClN3O4. The molecule has 1 aliphatic rings. The van der Waals surface area contributed by atoms with Gasteiger partial charge in [0.05, 0.1) is 11.4 Å². The van der Waals surface area contributed by atoms with Gasteiger partial charge in [0.2, 0.25) is 5.91 Å². The molecule has 1 fully saturated rings. The molecule has 3 aromatic carbocycles. The number of ether oxygens (including phenoxy) is 1. The van der Waals surface area contributed by atoms with Crippen LogP contribution in [0.15, 0.2) is 78.4 Å². The quantitative estimate of drug-likeness (QED) is 0.204. The molecule has 0 atom stereocenters. The van der Waals surface area contributed by atoms with E-state index in [2.05, 4.69) is 0 Å². The van der Waals surface area contributed by atoms with Crippen molar-refractivity contribution in [2.75, 3.05) is 0 Å². The fourth-order valence-corrected chi connectivity index (χ4v) is 5.41. The molecule has 41 heavy (non-hydrogen) atoms. The fourth-order valence-electron chi connectivity index (χ4n) is 5.29. The van der Waals surface area contributed by atoms with Gasteiger partial charge in [0.25, 0.3) is 0 Å². The van der Waals surface area contributed by atoms with Crippen molar-refractivity contribution in [2.24, 2.45) is 5.73 Å². The first-order chi connectivity index (χ1) is 19.8. The Hall–Kier alpha value is -4.36. The molecule has 7 nitrogen and oxygen atoms in total. The SMILES string of the molecule is C/C(=C\c1cc(C2CCCCC2)n(-c2ccc(OCc3cc(C(N)=O)ccc3-c3ccc(Cl)cc3)cc2)n1)C(=O)O. The van der Waals surface area contributed by atoms with E-state index in [0.29, 0.717) is 27.9 Å². The van der Waals surface area contributed by atoms with Gasteiger partial charge in [-0.25, -0.2) is 9.48 Å². The zero-order chi connectivity index (χ0) is 28.9. The number of nitrogens with zero attached hydrogens (tertiary/aromatic N) is 2. The summed E-state index contributed by atoms with van der Waals surface area (Å²) < 4.78 is 8.08. The predicted octanol–water partition coefficient (Wildman–Crippen LogP) is 7.41. The van der Waals surface area contributed by atoms with Crippen molar-refractivity contribution in [3.63, 3.8) is 0 Å². The molecule has 5 rings (SSSR count). The molecule has 1 saturated carbocycles. The van der Waals surface area contributed by atoms with Gasteiger partial charge < -0.3 is 15.6 Å². The maximum absolute atomic E-state index is 11.9. The largest absolute Gasteiger partial charge is 0.489 e. The number of carbonyl (C=O) groups excluding carboxylic acids is 1. The van der Waals surface area contributed by atoms with Gasteiger partial charge in [0, 0.05) is 27.8 Å². The second-order valence-electron chi connectivity index (χ2n) is 10.4. The number of amides is 1. The topological polar surface area (TPSA) is 107 Å². The predicted molar refractivity (Wildman–Crippen MR) is 160 cm³/mol. The van der Waals surface area contributed by atoms with Crippen LogP contribution in [0.5, 0.6) is 5.75 Å². The number of carboxylic acid groups (broad SMARTS) is 1. The molecule has 8 heteroatoms. The number of nitrogens with two attached hydrogens (primary N) is 1. The first-order valence-corrected chi connectivity index (χ1v) is 14.1. The highest BCUT2D eigenvalue weighted by Crippen LogP contribution is 2.35. The lowest BCUT2D eigenvalue weighted by atomic mass is 9.86. The van der Waals surface area contributed by atoms with Crippen LogP contribution in [0.25, 0.3) is 22.9 Å². The zero-order valence-electron chi connectivity index (χ0n) is 22.8. The van der Waals surface area contributed by atoms with E-state index in [1.165, 1.54) is 19.3 Å². The molecule has 3 N–H and O–H groups in total. The molecule has 0 saturated heterocycles. The van der Waals surface area contributed by atoms with Crippen molar-refractivity contribution in [1.29, 1.82) is 0 Å². The Morgan fingerprint density at radius 3 is 2.39 bits per heavy atom. The van der Waals surface area contributed by atoms with Crippen molar-refractivity contribution < 1.29 is 19.4 Å². The molecule has 0 radical (unpaired) electrons. The lowest BCUT2D eigenvalue weighted by Gasteiger charge is -2.22. The number of rotatable bonds is 9. The summed E-state index contributed by atoms with van der Waals surface area (Å²) in [5.74, 6) is -0.420. The molecule has 4 aromatic rings. The Morgan fingerprint density at radius 1 is 1.02 bits per heavy atom. The highest BCUT2D eigenvalue weighted by molar-refractivity contribution is 6.30.